The Morgan fingerprint density at radius 2 is 1.89 bits per heavy atom. The molecule has 0 spiro atoms. The minimum atomic E-state index is -4.73. The number of rotatable bonds is 4. The molecule has 3 aliphatic heterocycles. The van der Waals surface area contributed by atoms with Crippen LogP contribution in [0, 0.1) is 5.92 Å². The Kier molecular flexibility index (Phi) is 4.74. The van der Waals surface area contributed by atoms with Gasteiger partial charge in [-0.05, 0) is 63.0 Å². The summed E-state index contributed by atoms with van der Waals surface area (Å²) >= 11 is 0. The van der Waals surface area contributed by atoms with E-state index < -0.39 is 18.1 Å². The van der Waals surface area contributed by atoms with Crippen molar-refractivity contribution in [2.75, 3.05) is 13.1 Å². The number of nitrogens with one attached hydrogen (secondary N) is 1. The number of piperidine rings is 3. The van der Waals surface area contributed by atoms with Crippen LogP contribution >= 0.6 is 0 Å². The molecule has 0 aliphatic carbocycles. The average Bonchev–Trinajstić information content (AvgIpc) is 3.14. The molecule has 2 bridgehead atoms. The molecular formula is C18H19F3N4O3. The van der Waals surface area contributed by atoms with Crippen molar-refractivity contribution in [3.05, 3.63) is 35.7 Å². The van der Waals surface area contributed by atoms with Gasteiger partial charge < -0.3 is 14.5 Å². The molecule has 5 rings (SSSR count). The van der Waals surface area contributed by atoms with Gasteiger partial charge in [0.2, 0.25) is 0 Å². The van der Waals surface area contributed by atoms with Gasteiger partial charge in [-0.3, -0.25) is 9.69 Å². The second kappa shape index (κ2) is 7.08. The minimum Gasteiger partial charge on any atom is -0.410 e. The number of carbonyl (C=O) groups excluding carboxylic acids is 1. The molecule has 4 heterocycles. The van der Waals surface area contributed by atoms with Gasteiger partial charge in [-0.2, -0.15) is 13.2 Å². The average molecular weight is 396 g/mol. The van der Waals surface area contributed by atoms with E-state index in [0.29, 0.717) is 17.5 Å². The molecule has 0 saturated carbocycles. The molecular weight excluding hydrogens is 377 g/mol. The van der Waals surface area contributed by atoms with Crippen molar-refractivity contribution in [1.29, 1.82) is 0 Å². The van der Waals surface area contributed by atoms with Gasteiger partial charge in [0.15, 0.2) is 0 Å². The SMILES string of the molecule is C[C@@H]1[C@H](NC(=O)c2ccc(Oc3nnc(C(F)(F)F)o3)cc2)C2CCN1CC2. The number of amides is 1. The molecule has 1 aromatic carbocycles. The van der Waals surface area contributed by atoms with Crippen molar-refractivity contribution in [1.82, 2.24) is 20.4 Å². The molecule has 1 amide bonds. The maximum atomic E-state index is 12.6. The predicted molar refractivity (Wildman–Crippen MR) is 90.8 cm³/mol. The largest absolute Gasteiger partial charge is 0.470 e. The van der Waals surface area contributed by atoms with Crippen molar-refractivity contribution < 1.29 is 27.1 Å². The Labute approximate surface area is 158 Å². The van der Waals surface area contributed by atoms with Crippen LogP contribution in [0.15, 0.2) is 28.7 Å². The molecule has 0 radical (unpaired) electrons. The number of ether oxygens (including phenoxy) is 1. The summed E-state index contributed by atoms with van der Waals surface area (Å²) in [4.78, 5) is 15.0. The fourth-order valence-electron chi connectivity index (χ4n) is 3.92. The van der Waals surface area contributed by atoms with Gasteiger partial charge in [0, 0.05) is 17.6 Å². The number of benzene rings is 1. The maximum absolute atomic E-state index is 12.6. The van der Waals surface area contributed by atoms with E-state index in [4.69, 9.17) is 4.74 Å². The lowest BCUT2D eigenvalue weighted by Crippen LogP contribution is -2.62. The first kappa shape index (κ1) is 18.7. The summed E-state index contributed by atoms with van der Waals surface area (Å²) in [5.41, 5.74) is 0.442. The highest BCUT2D eigenvalue weighted by atomic mass is 19.4. The molecule has 1 aromatic heterocycles. The first-order valence-electron chi connectivity index (χ1n) is 9.05. The molecule has 7 nitrogen and oxygen atoms in total. The van der Waals surface area contributed by atoms with Crippen molar-refractivity contribution in [2.24, 2.45) is 5.92 Å². The number of aromatic nitrogens is 2. The topological polar surface area (TPSA) is 80.5 Å². The number of halogens is 3. The predicted octanol–water partition coefficient (Wildman–Crippen LogP) is 3.09. The Morgan fingerprint density at radius 3 is 2.46 bits per heavy atom. The number of alkyl halides is 3. The van der Waals surface area contributed by atoms with E-state index in [9.17, 15) is 18.0 Å². The molecule has 2 atom stereocenters. The van der Waals surface area contributed by atoms with Gasteiger partial charge in [0.1, 0.15) is 5.75 Å². The second-order valence-electron chi connectivity index (χ2n) is 7.11. The molecule has 3 fully saturated rings. The number of hydrogen-bond donors (Lipinski definition) is 1. The summed E-state index contributed by atoms with van der Waals surface area (Å²) in [6.45, 7) is 4.29. The Bertz CT molecular complexity index is 843. The summed E-state index contributed by atoms with van der Waals surface area (Å²) in [7, 11) is 0. The highest BCUT2D eigenvalue weighted by Gasteiger charge is 2.40. The van der Waals surface area contributed by atoms with E-state index in [0.717, 1.165) is 25.9 Å². The Hall–Kier alpha value is -2.62. The van der Waals surface area contributed by atoms with Crippen LogP contribution in [0.2, 0.25) is 0 Å². The van der Waals surface area contributed by atoms with Gasteiger partial charge in [-0.15, -0.1) is 0 Å². The summed E-state index contributed by atoms with van der Waals surface area (Å²) in [5.74, 6) is -0.989. The van der Waals surface area contributed by atoms with Crippen LogP contribution in [-0.2, 0) is 6.18 Å². The Balaban J connectivity index is 1.39. The highest BCUT2D eigenvalue weighted by Crippen LogP contribution is 2.33. The van der Waals surface area contributed by atoms with E-state index in [1.165, 1.54) is 24.3 Å². The number of nitrogens with zero attached hydrogens (tertiary/aromatic N) is 3. The smallest absolute Gasteiger partial charge is 0.410 e. The summed E-state index contributed by atoms with van der Waals surface area (Å²) < 4.78 is 46.9. The third kappa shape index (κ3) is 3.68. The van der Waals surface area contributed by atoms with Crippen LogP contribution in [0.3, 0.4) is 0 Å². The summed E-state index contributed by atoms with van der Waals surface area (Å²) in [6.07, 6.45) is -3.17. The van der Waals surface area contributed by atoms with Crippen LogP contribution in [0.4, 0.5) is 13.2 Å². The summed E-state index contributed by atoms with van der Waals surface area (Å²) in [5, 5.41) is 9.20. The van der Waals surface area contributed by atoms with Gasteiger partial charge >= 0.3 is 18.1 Å². The molecule has 3 aliphatic rings. The van der Waals surface area contributed by atoms with Crippen molar-refractivity contribution in [3.8, 4) is 11.8 Å². The third-order valence-electron chi connectivity index (χ3n) is 5.45. The van der Waals surface area contributed by atoms with E-state index >= 15 is 0 Å². The van der Waals surface area contributed by atoms with Gasteiger partial charge in [0.05, 0.1) is 0 Å². The molecule has 2 aromatic rings. The number of hydrogen-bond acceptors (Lipinski definition) is 6. The van der Waals surface area contributed by atoms with Crippen molar-refractivity contribution in [3.63, 3.8) is 0 Å². The molecule has 1 N–H and O–H groups in total. The molecule has 150 valence electrons. The van der Waals surface area contributed by atoms with Crippen LogP contribution in [0.1, 0.15) is 36.0 Å². The van der Waals surface area contributed by atoms with Crippen LogP contribution in [-0.4, -0.2) is 46.2 Å². The van der Waals surface area contributed by atoms with E-state index in [-0.39, 0.29) is 17.7 Å². The van der Waals surface area contributed by atoms with E-state index in [1.54, 1.807) is 0 Å². The van der Waals surface area contributed by atoms with Crippen molar-refractivity contribution >= 4 is 5.91 Å². The number of fused-ring (bicyclic) bond motifs is 3. The standard InChI is InChI=1S/C18H19F3N4O3/c1-10-14(11-6-8-25(10)9-7-11)22-15(26)12-2-4-13(5-3-12)27-17-24-23-16(28-17)18(19,20)21/h2-5,10-11,14H,6-9H2,1H3,(H,22,26)/t10-,14+/m1/s1. The zero-order valence-electron chi connectivity index (χ0n) is 15.1. The van der Waals surface area contributed by atoms with E-state index in [1.807, 2.05) is 0 Å². The minimum absolute atomic E-state index is 0.116. The van der Waals surface area contributed by atoms with Crippen LogP contribution < -0.4 is 10.1 Å². The van der Waals surface area contributed by atoms with Crippen molar-refractivity contribution in [2.45, 2.75) is 38.0 Å². The quantitative estimate of drug-likeness (QED) is 0.856. The van der Waals surface area contributed by atoms with Gasteiger partial charge in [-0.25, -0.2) is 0 Å². The van der Waals surface area contributed by atoms with Crippen LogP contribution in [0.25, 0.3) is 0 Å². The zero-order valence-corrected chi connectivity index (χ0v) is 15.1. The second-order valence-corrected chi connectivity index (χ2v) is 7.11. The highest BCUT2D eigenvalue weighted by molar-refractivity contribution is 5.94. The lowest BCUT2D eigenvalue weighted by atomic mass is 9.79. The maximum Gasteiger partial charge on any atom is 0.470 e. The normalized spacial score (nSPS) is 26.9. The zero-order chi connectivity index (χ0) is 19.9. The molecule has 3 saturated heterocycles. The monoisotopic (exact) mass is 396 g/mol. The first-order chi connectivity index (χ1) is 13.3. The molecule has 0 unspecified atom stereocenters. The summed E-state index contributed by atoms with van der Waals surface area (Å²) in [6, 6.07) is 6.43. The van der Waals surface area contributed by atoms with E-state index in [2.05, 4.69) is 31.8 Å². The van der Waals surface area contributed by atoms with Crippen LogP contribution in [0.5, 0.6) is 11.8 Å². The third-order valence-corrected chi connectivity index (χ3v) is 5.45. The molecule has 28 heavy (non-hydrogen) atoms. The fourth-order valence-corrected chi connectivity index (χ4v) is 3.92. The lowest BCUT2D eigenvalue weighted by Gasteiger charge is -2.49. The Morgan fingerprint density at radius 1 is 1.21 bits per heavy atom. The molecule has 10 heteroatoms. The first-order valence-corrected chi connectivity index (χ1v) is 9.05. The van der Waals surface area contributed by atoms with Gasteiger partial charge in [-0.1, -0.05) is 10.2 Å². The fraction of sp³-hybridized carbons (Fsp3) is 0.500. The number of carbonyl (C=O) groups is 1. The van der Waals surface area contributed by atoms with Gasteiger partial charge in [0.25, 0.3) is 5.91 Å². The lowest BCUT2D eigenvalue weighted by molar-refractivity contribution is -0.157.